The summed E-state index contributed by atoms with van der Waals surface area (Å²) in [4.78, 5) is 6.84. The highest BCUT2D eigenvalue weighted by atomic mass is 16.5. The summed E-state index contributed by atoms with van der Waals surface area (Å²) in [7, 11) is 0. The summed E-state index contributed by atoms with van der Waals surface area (Å²) in [6.45, 7) is 4.60. The van der Waals surface area contributed by atoms with Gasteiger partial charge < -0.3 is 15.0 Å². The van der Waals surface area contributed by atoms with Gasteiger partial charge in [0.05, 0.1) is 18.5 Å². The SMILES string of the molecule is CCOc1ccccc1Nc1cnnc(N2CCCCCC2)n1. The summed E-state index contributed by atoms with van der Waals surface area (Å²) >= 11 is 0. The lowest BCUT2D eigenvalue weighted by molar-refractivity contribution is 0.342. The summed E-state index contributed by atoms with van der Waals surface area (Å²) in [5, 5.41) is 11.6. The number of aromatic nitrogens is 3. The molecule has 0 unspecified atom stereocenters. The topological polar surface area (TPSA) is 63.2 Å². The fourth-order valence-corrected chi connectivity index (χ4v) is 2.75. The second-order valence-corrected chi connectivity index (χ2v) is 5.60. The number of hydrogen-bond acceptors (Lipinski definition) is 6. The predicted molar refractivity (Wildman–Crippen MR) is 91.4 cm³/mol. The highest BCUT2D eigenvalue weighted by Gasteiger charge is 2.14. The molecule has 122 valence electrons. The summed E-state index contributed by atoms with van der Waals surface area (Å²) in [6, 6.07) is 7.83. The number of para-hydroxylation sites is 2. The Morgan fingerprint density at radius 2 is 1.91 bits per heavy atom. The van der Waals surface area contributed by atoms with E-state index in [-0.39, 0.29) is 0 Å². The van der Waals surface area contributed by atoms with Crippen molar-refractivity contribution in [2.24, 2.45) is 0 Å². The summed E-state index contributed by atoms with van der Waals surface area (Å²) in [5.41, 5.74) is 0.886. The van der Waals surface area contributed by atoms with Crippen molar-refractivity contribution in [3.63, 3.8) is 0 Å². The average Bonchev–Trinajstić information content (AvgIpc) is 2.87. The maximum atomic E-state index is 5.64. The monoisotopic (exact) mass is 313 g/mol. The smallest absolute Gasteiger partial charge is 0.247 e. The number of ether oxygens (including phenoxy) is 1. The van der Waals surface area contributed by atoms with E-state index >= 15 is 0 Å². The largest absolute Gasteiger partial charge is 0.492 e. The molecule has 1 saturated heterocycles. The Hall–Kier alpha value is -2.37. The third-order valence-corrected chi connectivity index (χ3v) is 3.89. The van der Waals surface area contributed by atoms with Crippen LogP contribution in [0.25, 0.3) is 0 Å². The molecule has 2 heterocycles. The van der Waals surface area contributed by atoms with Crippen LogP contribution in [0.4, 0.5) is 17.5 Å². The summed E-state index contributed by atoms with van der Waals surface area (Å²) < 4.78 is 5.64. The molecule has 0 bridgehead atoms. The molecule has 6 nitrogen and oxygen atoms in total. The van der Waals surface area contributed by atoms with Crippen molar-refractivity contribution in [3.05, 3.63) is 30.5 Å². The third-order valence-electron chi connectivity index (χ3n) is 3.89. The number of benzene rings is 1. The molecule has 0 atom stereocenters. The quantitative estimate of drug-likeness (QED) is 0.913. The van der Waals surface area contributed by atoms with Gasteiger partial charge in [-0.2, -0.15) is 10.1 Å². The van der Waals surface area contributed by atoms with Crippen LogP contribution in [0, 0.1) is 0 Å². The minimum Gasteiger partial charge on any atom is -0.492 e. The molecule has 0 spiro atoms. The number of rotatable bonds is 5. The van der Waals surface area contributed by atoms with Crippen LogP contribution in [0.1, 0.15) is 32.6 Å². The van der Waals surface area contributed by atoms with E-state index < -0.39 is 0 Å². The molecule has 6 heteroatoms. The van der Waals surface area contributed by atoms with Gasteiger partial charge in [0, 0.05) is 13.1 Å². The van der Waals surface area contributed by atoms with Crippen molar-refractivity contribution < 1.29 is 4.74 Å². The predicted octanol–water partition coefficient (Wildman–Crippen LogP) is 3.39. The lowest BCUT2D eigenvalue weighted by Crippen LogP contribution is -2.26. The molecule has 3 rings (SSSR count). The molecular formula is C17H23N5O. The van der Waals surface area contributed by atoms with Gasteiger partial charge in [0.15, 0.2) is 5.82 Å². The summed E-state index contributed by atoms with van der Waals surface area (Å²) in [6.07, 6.45) is 6.58. The van der Waals surface area contributed by atoms with E-state index in [9.17, 15) is 0 Å². The maximum Gasteiger partial charge on any atom is 0.247 e. The Balaban J connectivity index is 1.77. The zero-order valence-electron chi connectivity index (χ0n) is 13.5. The number of nitrogens with zero attached hydrogens (tertiary/aromatic N) is 4. The average molecular weight is 313 g/mol. The van der Waals surface area contributed by atoms with Gasteiger partial charge in [-0.1, -0.05) is 25.0 Å². The Kier molecular flexibility index (Phi) is 5.24. The fourth-order valence-electron chi connectivity index (χ4n) is 2.75. The molecule has 1 aliphatic rings. The first-order valence-corrected chi connectivity index (χ1v) is 8.30. The standard InChI is InChI=1S/C17H23N5O/c1-2-23-15-10-6-5-9-14(15)19-16-13-18-21-17(20-16)22-11-7-3-4-8-12-22/h5-6,9-10,13H,2-4,7-8,11-12H2,1H3,(H,19,20,21). The van der Waals surface area contributed by atoms with Gasteiger partial charge in [-0.3, -0.25) is 0 Å². The number of hydrogen-bond donors (Lipinski definition) is 1. The van der Waals surface area contributed by atoms with Gasteiger partial charge in [0.25, 0.3) is 0 Å². The molecule has 1 N–H and O–H groups in total. The van der Waals surface area contributed by atoms with Gasteiger partial charge in [-0.15, -0.1) is 5.10 Å². The van der Waals surface area contributed by atoms with Gasteiger partial charge in [-0.05, 0) is 31.9 Å². The highest BCUT2D eigenvalue weighted by Crippen LogP contribution is 2.27. The minimum atomic E-state index is 0.625. The van der Waals surface area contributed by atoms with Crippen LogP contribution < -0.4 is 15.0 Å². The van der Waals surface area contributed by atoms with Crippen LogP contribution in [0.5, 0.6) is 5.75 Å². The van der Waals surface area contributed by atoms with E-state index in [0.717, 1.165) is 24.5 Å². The lowest BCUT2D eigenvalue weighted by Gasteiger charge is -2.20. The molecule has 0 radical (unpaired) electrons. The van der Waals surface area contributed by atoms with E-state index in [1.807, 2.05) is 31.2 Å². The van der Waals surface area contributed by atoms with Crippen molar-refractivity contribution in [1.29, 1.82) is 0 Å². The van der Waals surface area contributed by atoms with Crippen molar-refractivity contribution >= 4 is 17.5 Å². The first-order valence-electron chi connectivity index (χ1n) is 8.30. The van der Waals surface area contributed by atoms with Gasteiger partial charge in [0.2, 0.25) is 5.95 Å². The third kappa shape index (κ3) is 4.09. The molecule has 0 amide bonds. The zero-order chi connectivity index (χ0) is 15.9. The molecule has 23 heavy (non-hydrogen) atoms. The van der Waals surface area contributed by atoms with Crippen LogP contribution in [0.15, 0.2) is 30.5 Å². The second kappa shape index (κ2) is 7.76. The Labute approximate surface area is 136 Å². The van der Waals surface area contributed by atoms with Crippen molar-refractivity contribution in [3.8, 4) is 5.75 Å². The van der Waals surface area contributed by atoms with E-state index in [2.05, 4.69) is 25.4 Å². The first kappa shape index (κ1) is 15.5. The molecule has 0 aliphatic carbocycles. The van der Waals surface area contributed by atoms with Crippen LogP contribution in [0.3, 0.4) is 0 Å². The van der Waals surface area contributed by atoms with Gasteiger partial charge >= 0.3 is 0 Å². The molecule has 1 aromatic heterocycles. The van der Waals surface area contributed by atoms with Crippen LogP contribution in [-0.2, 0) is 0 Å². The molecule has 2 aromatic rings. The van der Waals surface area contributed by atoms with Gasteiger partial charge in [-0.25, -0.2) is 0 Å². The summed E-state index contributed by atoms with van der Waals surface area (Å²) in [5.74, 6) is 2.20. The second-order valence-electron chi connectivity index (χ2n) is 5.60. The lowest BCUT2D eigenvalue weighted by atomic mass is 10.2. The van der Waals surface area contributed by atoms with Crippen molar-refractivity contribution in [1.82, 2.24) is 15.2 Å². The minimum absolute atomic E-state index is 0.625. The van der Waals surface area contributed by atoms with E-state index in [1.54, 1.807) is 6.20 Å². The Bertz CT molecular complexity index is 626. The Morgan fingerprint density at radius 1 is 1.13 bits per heavy atom. The van der Waals surface area contributed by atoms with Crippen molar-refractivity contribution in [2.75, 3.05) is 29.9 Å². The molecule has 0 saturated carbocycles. The van der Waals surface area contributed by atoms with E-state index in [0.29, 0.717) is 18.4 Å². The van der Waals surface area contributed by atoms with E-state index in [4.69, 9.17) is 4.74 Å². The Morgan fingerprint density at radius 3 is 2.70 bits per heavy atom. The fraction of sp³-hybridized carbons (Fsp3) is 0.471. The normalized spacial score (nSPS) is 15.1. The van der Waals surface area contributed by atoms with Crippen molar-refractivity contribution in [2.45, 2.75) is 32.6 Å². The highest BCUT2D eigenvalue weighted by molar-refractivity contribution is 5.64. The number of anilines is 3. The van der Waals surface area contributed by atoms with Gasteiger partial charge in [0.1, 0.15) is 5.75 Å². The molecule has 1 aromatic carbocycles. The van der Waals surface area contributed by atoms with Crippen LogP contribution in [-0.4, -0.2) is 34.9 Å². The van der Waals surface area contributed by atoms with E-state index in [1.165, 1.54) is 25.7 Å². The number of nitrogens with one attached hydrogen (secondary N) is 1. The molecule has 1 fully saturated rings. The van der Waals surface area contributed by atoms with Crippen LogP contribution in [0.2, 0.25) is 0 Å². The first-order chi connectivity index (χ1) is 11.4. The van der Waals surface area contributed by atoms with Crippen LogP contribution >= 0.6 is 0 Å². The molecular weight excluding hydrogens is 290 g/mol. The molecule has 1 aliphatic heterocycles. The maximum absolute atomic E-state index is 5.64. The zero-order valence-corrected chi connectivity index (χ0v) is 13.5.